The summed E-state index contributed by atoms with van der Waals surface area (Å²) in [6.07, 6.45) is 5.84. The predicted molar refractivity (Wildman–Crippen MR) is 129 cm³/mol. The van der Waals surface area contributed by atoms with Gasteiger partial charge in [-0.25, -0.2) is 4.98 Å². The van der Waals surface area contributed by atoms with E-state index in [4.69, 9.17) is 0 Å². The Labute approximate surface area is 197 Å². The van der Waals surface area contributed by atoms with E-state index in [1.165, 1.54) is 6.08 Å². The van der Waals surface area contributed by atoms with E-state index in [0.717, 1.165) is 18.5 Å². The Morgan fingerprint density at radius 2 is 1.65 bits per heavy atom. The average Bonchev–Trinajstić information content (AvgIpc) is 3.41. The Kier molecular flexibility index (Phi) is 7.12. The van der Waals surface area contributed by atoms with E-state index in [1.54, 1.807) is 54.7 Å². The first-order chi connectivity index (χ1) is 16.5. The molecule has 0 saturated heterocycles. The molecule has 2 heterocycles. The number of rotatable bonds is 7. The van der Waals surface area contributed by atoms with E-state index in [1.807, 2.05) is 0 Å². The van der Waals surface area contributed by atoms with Crippen molar-refractivity contribution in [3.05, 3.63) is 73.1 Å². The second kappa shape index (κ2) is 10.6. The number of amides is 3. The zero-order valence-electron chi connectivity index (χ0n) is 18.6. The topological polar surface area (TPSA) is 129 Å². The van der Waals surface area contributed by atoms with Crippen molar-refractivity contribution in [2.24, 2.45) is 5.92 Å². The number of nitrogens with one attached hydrogen (secondary N) is 4. The highest BCUT2D eigenvalue weighted by atomic mass is 16.2. The smallest absolute Gasteiger partial charge is 0.274 e. The van der Waals surface area contributed by atoms with Gasteiger partial charge in [0.1, 0.15) is 5.69 Å². The van der Waals surface area contributed by atoms with Gasteiger partial charge < -0.3 is 16.0 Å². The van der Waals surface area contributed by atoms with E-state index in [0.29, 0.717) is 29.9 Å². The Hall–Kier alpha value is -4.27. The van der Waals surface area contributed by atoms with Crippen molar-refractivity contribution in [1.82, 2.24) is 20.5 Å². The molecule has 0 bridgehead atoms. The normalized spacial score (nSPS) is 17.4. The molecular weight excluding hydrogens is 432 g/mol. The van der Waals surface area contributed by atoms with Crippen molar-refractivity contribution < 1.29 is 14.4 Å². The summed E-state index contributed by atoms with van der Waals surface area (Å²) in [5, 5.41) is 15.4. The van der Waals surface area contributed by atoms with Crippen LogP contribution in [0.3, 0.4) is 0 Å². The predicted octanol–water partition coefficient (Wildman–Crippen LogP) is 3.52. The average molecular weight is 459 g/mol. The number of nitrogens with zero attached hydrogens (tertiary/aromatic N) is 2. The zero-order valence-corrected chi connectivity index (χ0v) is 18.6. The summed E-state index contributed by atoms with van der Waals surface area (Å²) >= 11 is 0. The number of aromatic amines is 1. The molecule has 0 atom stereocenters. The third-order valence-corrected chi connectivity index (χ3v) is 5.80. The maximum Gasteiger partial charge on any atom is 0.274 e. The van der Waals surface area contributed by atoms with E-state index >= 15 is 0 Å². The Bertz CT molecular complexity index is 1170. The second-order valence-corrected chi connectivity index (χ2v) is 8.16. The monoisotopic (exact) mass is 458 g/mol. The lowest BCUT2D eigenvalue weighted by Gasteiger charge is -2.28. The molecule has 3 amide bonds. The van der Waals surface area contributed by atoms with Crippen LogP contribution < -0.4 is 16.0 Å². The standard InChI is InChI=1S/C25H26N6O3/c1-2-23(32)27-17-8-6-16(7-9-17)24(33)28-18-10-12-19(13-11-18)29-25(34)22-5-3-4-20(30-22)21-14-15-26-31-21/h2-5,10-17H,1,6-9H2,(H,26,31)(H,27,32)(H,28,33)(H,29,34). The maximum absolute atomic E-state index is 12.6. The SMILES string of the molecule is C=CC(=O)NC1CCC(C(=O)Nc2ccc(NC(=O)c3cccc(-c4ccn[nH]4)n3)cc2)CC1. The van der Waals surface area contributed by atoms with Crippen molar-refractivity contribution >= 4 is 29.1 Å². The summed E-state index contributed by atoms with van der Waals surface area (Å²) in [5.74, 6) is -0.644. The van der Waals surface area contributed by atoms with Crippen molar-refractivity contribution in [2.75, 3.05) is 10.6 Å². The van der Waals surface area contributed by atoms with Crippen LogP contribution in [0.1, 0.15) is 36.2 Å². The van der Waals surface area contributed by atoms with Crippen LogP contribution in [0, 0.1) is 5.92 Å². The number of benzene rings is 1. The minimum Gasteiger partial charge on any atom is -0.350 e. The molecule has 9 heteroatoms. The van der Waals surface area contributed by atoms with Crippen LogP contribution in [0.5, 0.6) is 0 Å². The van der Waals surface area contributed by atoms with Crippen LogP contribution in [0.2, 0.25) is 0 Å². The van der Waals surface area contributed by atoms with Crippen LogP contribution in [0.15, 0.2) is 67.4 Å². The van der Waals surface area contributed by atoms with E-state index in [9.17, 15) is 14.4 Å². The minimum atomic E-state index is -0.335. The molecule has 174 valence electrons. The molecular formula is C25H26N6O3. The summed E-state index contributed by atoms with van der Waals surface area (Å²) in [7, 11) is 0. The summed E-state index contributed by atoms with van der Waals surface area (Å²) in [6, 6.07) is 14.0. The van der Waals surface area contributed by atoms with Crippen LogP contribution in [0.25, 0.3) is 11.4 Å². The minimum absolute atomic E-state index is 0.0369. The molecule has 0 unspecified atom stereocenters. The first kappa shape index (κ1) is 22.9. The molecule has 4 N–H and O–H groups in total. The Morgan fingerprint density at radius 1 is 0.941 bits per heavy atom. The third-order valence-electron chi connectivity index (χ3n) is 5.80. The summed E-state index contributed by atoms with van der Waals surface area (Å²) in [4.78, 5) is 41.1. The van der Waals surface area contributed by atoms with Gasteiger partial charge in [0, 0.05) is 29.5 Å². The number of carbonyl (C=O) groups is 3. The van der Waals surface area contributed by atoms with Crippen LogP contribution >= 0.6 is 0 Å². The van der Waals surface area contributed by atoms with E-state index in [-0.39, 0.29) is 35.4 Å². The summed E-state index contributed by atoms with van der Waals surface area (Å²) < 4.78 is 0. The van der Waals surface area contributed by atoms with Gasteiger partial charge in [-0.2, -0.15) is 5.10 Å². The molecule has 1 aliphatic carbocycles. The molecule has 0 radical (unpaired) electrons. The molecule has 34 heavy (non-hydrogen) atoms. The first-order valence-electron chi connectivity index (χ1n) is 11.1. The van der Waals surface area contributed by atoms with Gasteiger partial charge in [-0.05, 0) is 74.2 Å². The molecule has 2 aromatic heterocycles. The number of H-pyrrole nitrogens is 1. The highest BCUT2D eigenvalue weighted by molar-refractivity contribution is 6.03. The van der Waals surface area contributed by atoms with Gasteiger partial charge in [0.2, 0.25) is 11.8 Å². The lowest BCUT2D eigenvalue weighted by molar-refractivity contribution is -0.121. The molecule has 4 rings (SSSR count). The quantitative estimate of drug-likeness (QED) is 0.403. The van der Waals surface area contributed by atoms with Gasteiger partial charge in [-0.1, -0.05) is 12.6 Å². The summed E-state index contributed by atoms with van der Waals surface area (Å²) in [6.45, 7) is 3.46. The fraction of sp³-hybridized carbons (Fsp3) is 0.240. The fourth-order valence-electron chi connectivity index (χ4n) is 3.95. The third kappa shape index (κ3) is 5.74. The number of aromatic nitrogens is 3. The molecule has 1 aliphatic rings. The molecule has 0 spiro atoms. The van der Waals surface area contributed by atoms with Gasteiger partial charge in [-0.3, -0.25) is 19.5 Å². The second-order valence-electron chi connectivity index (χ2n) is 8.16. The van der Waals surface area contributed by atoms with Crippen molar-refractivity contribution in [1.29, 1.82) is 0 Å². The first-order valence-corrected chi connectivity index (χ1v) is 11.1. The molecule has 1 fully saturated rings. The maximum atomic E-state index is 12.6. The lowest BCUT2D eigenvalue weighted by atomic mass is 9.85. The van der Waals surface area contributed by atoms with Crippen molar-refractivity contribution in [3.63, 3.8) is 0 Å². The van der Waals surface area contributed by atoms with Crippen molar-refractivity contribution in [3.8, 4) is 11.4 Å². The number of hydrogen-bond acceptors (Lipinski definition) is 5. The fourth-order valence-corrected chi connectivity index (χ4v) is 3.95. The highest BCUT2D eigenvalue weighted by Crippen LogP contribution is 2.26. The van der Waals surface area contributed by atoms with Gasteiger partial charge in [0.05, 0.1) is 11.4 Å². The number of pyridine rings is 1. The van der Waals surface area contributed by atoms with Crippen LogP contribution in [0.4, 0.5) is 11.4 Å². The molecule has 1 saturated carbocycles. The van der Waals surface area contributed by atoms with E-state index in [2.05, 4.69) is 37.7 Å². The van der Waals surface area contributed by atoms with Gasteiger partial charge in [-0.15, -0.1) is 0 Å². The lowest BCUT2D eigenvalue weighted by Crippen LogP contribution is -2.38. The summed E-state index contributed by atoms with van der Waals surface area (Å²) in [5.41, 5.74) is 2.88. The number of hydrogen-bond donors (Lipinski definition) is 4. The zero-order chi connectivity index (χ0) is 23.9. The van der Waals surface area contributed by atoms with Gasteiger partial charge in [0.25, 0.3) is 5.91 Å². The van der Waals surface area contributed by atoms with Crippen LogP contribution in [-0.2, 0) is 9.59 Å². The van der Waals surface area contributed by atoms with Crippen molar-refractivity contribution in [2.45, 2.75) is 31.7 Å². The largest absolute Gasteiger partial charge is 0.350 e. The number of carbonyl (C=O) groups excluding carboxylic acids is 3. The molecule has 9 nitrogen and oxygen atoms in total. The number of anilines is 2. The Balaban J connectivity index is 1.29. The van der Waals surface area contributed by atoms with Crippen LogP contribution in [-0.4, -0.2) is 38.9 Å². The van der Waals surface area contributed by atoms with Gasteiger partial charge in [0.15, 0.2) is 0 Å². The Morgan fingerprint density at radius 3 is 2.29 bits per heavy atom. The highest BCUT2D eigenvalue weighted by Gasteiger charge is 2.26. The molecule has 3 aromatic rings. The van der Waals surface area contributed by atoms with Gasteiger partial charge >= 0.3 is 0 Å². The van der Waals surface area contributed by atoms with E-state index < -0.39 is 0 Å². The molecule has 1 aromatic carbocycles. The molecule has 0 aliphatic heterocycles.